The Morgan fingerprint density at radius 2 is 1.51 bits per heavy atom. The van der Waals surface area contributed by atoms with Crippen molar-refractivity contribution in [2.24, 2.45) is 0 Å². The fourth-order valence-corrected chi connectivity index (χ4v) is 4.34. The summed E-state index contributed by atoms with van der Waals surface area (Å²) in [6.45, 7) is 4.90. The third-order valence-electron chi connectivity index (χ3n) is 6.20. The smallest absolute Gasteiger partial charge is 0.242 e. The van der Waals surface area contributed by atoms with Crippen LogP contribution in [0.5, 0.6) is 5.75 Å². The highest BCUT2D eigenvalue weighted by Gasteiger charge is 2.30. The molecule has 2 amide bonds. The monoisotopic (exact) mass is 472 g/mol. The van der Waals surface area contributed by atoms with Crippen LogP contribution in [0, 0.1) is 0 Å². The van der Waals surface area contributed by atoms with E-state index in [1.54, 1.807) is 12.0 Å². The standard InChI is InChI=1S/C30H36N2O3/c1-4-19-31-30(34)28(5-2)32(22-23-13-12-18-26(20-23)35-3)29(33)21-27(24-14-8-6-9-15-24)25-16-10-7-11-17-25/h6-18,20,27-28H,4-5,19,21-22H2,1-3H3,(H,31,34)/t28-/m0/s1. The van der Waals surface area contributed by atoms with Gasteiger partial charge in [-0.2, -0.15) is 0 Å². The normalized spacial score (nSPS) is 11.7. The molecule has 0 aromatic heterocycles. The third-order valence-corrected chi connectivity index (χ3v) is 6.20. The van der Waals surface area contributed by atoms with Crippen molar-refractivity contribution in [3.63, 3.8) is 0 Å². The molecule has 3 aromatic rings. The summed E-state index contributed by atoms with van der Waals surface area (Å²) in [5.41, 5.74) is 3.09. The van der Waals surface area contributed by atoms with Crippen molar-refractivity contribution in [3.05, 3.63) is 102 Å². The number of carbonyl (C=O) groups excluding carboxylic acids is 2. The van der Waals surface area contributed by atoms with Crippen LogP contribution in [0.25, 0.3) is 0 Å². The van der Waals surface area contributed by atoms with E-state index in [1.165, 1.54) is 0 Å². The Morgan fingerprint density at radius 3 is 2.06 bits per heavy atom. The minimum atomic E-state index is -0.549. The first-order chi connectivity index (χ1) is 17.1. The third kappa shape index (κ3) is 7.19. The van der Waals surface area contributed by atoms with Gasteiger partial charge in [0.1, 0.15) is 11.8 Å². The van der Waals surface area contributed by atoms with Gasteiger partial charge in [-0.1, -0.05) is 86.6 Å². The van der Waals surface area contributed by atoms with E-state index in [0.717, 1.165) is 28.9 Å². The van der Waals surface area contributed by atoms with Crippen LogP contribution in [0.4, 0.5) is 0 Å². The Morgan fingerprint density at radius 1 is 0.886 bits per heavy atom. The predicted molar refractivity (Wildman–Crippen MR) is 140 cm³/mol. The maximum atomic E-state index is 14.0. The van der Waals surface area contributed by atoms with E-state index in [0.29, 0.717) is 19.5 Å². The Labute approximate surface area is 209 Å². The van der Waals surface area contributed by atoms with Crippen LogP contribution >= 0.6 is 0 Å². The lowest BCUT2D eigenvalue weighted by Gasteiger charge is -2.32. The summed E-state index contributed by atoms with van der Waals surface area (Å²) in [6, 6.07) is 27.3. The zero-order valence-corrected chi connectivity index (χ0v) is 20.9. The number of amides is 2. The summed E-state index contributed by atoms with van der Waals surface area (Å²) in [5, 5.41) is 2.99. The lowest BCUT2D eigenvalue weighted by molar-refractivity contribution is -0.141. The molecule has 0 radical (unpaired) electrons. The van der Waals surface area contributed by atoms with Crippen LogP contribution in [0.1, 0.15) is 55.7 Å². The van der Waals surface area contributed by atoms with Gasteiger partial charge in [0.25, 0.3) is 0 Å². The number of carbonyl (C=O) groups is 2. The summed E-state index contributed by atoms with van der Waals surface area (Å²) >= 11 is 0. The molecule has 3 rings (SSSR count). The molecule has 3 aromatic carbocycles. The Hall–Kier alpha value is -3.60. The summed E-state index contributed by atoms with van der Waals surface area (Å²) in [5.74, 6) is 0.462. The lowest BCUT2D eigenvalue weighted by atomic mass is 9.88. The molecule has 0 bridgehead atoms. The van der Waals surface area contributed by atoms with Crippen molar-refractivity contribution >= 4 is 11.8 Å². The number of benzene rings is 3. The van der Waals surface area contributed by atoms with E-state index in [4.69, 9.17) is 4.74 Å². The highest BCUT2D eigenvalue weighted by molar-refractivity contribution is 5.88. The summed E-state index contributed by atoms with van der Waals surface area (Å²) < 4.78 is 5.38. The van der Waals surface area contributed by atoms with Gasteiger partial charge in [-0.3, -0.25) is 9.59 Å². The van der Waals surface area contributed by atoms with E-state index in [9.17, 15) is 9.59 Å². The highest BCUT2D eigenvalue weighted by Crippen LogP contribution is 2.30. The van der Waals surface area contributed by atoms with E-state index >= 15 is 0 Å². The number of nitrogens with one attached hydrogen (secondary N) is 1. The average Bonchev–Trinajstić information content (AvgIpc) is 2.91. The SMILES string of the molecule is CCCNC(=O)[C@H](CC)N(Cc1cccc(OC)c1)C(=O)CC(c1ccccc1)c1ccccc1. The van der Waals surface area contributed by atoms with Crippen LogP contribution in [0.3, 0.4) is 0 Å². The topological polar surface area (TPSA) is 58.6 Å². The second-order valence-corrected chi connectivity index (χ2v) is 8.67. The zero-order valence-electron chi connectivity index (χ0n) is 20.9. The first-order valence-corrected chi connectivity index (χ1v) is 12.4. The van der Waals surface area contributed by atoms with Crippen molar-refractivity contribution in [2.75, 3.05) is 13.7 Å². The first-order valence-electron chi connectivity index (χ1n) is 12.4. The molecule has 35 heavy (non-hydrogen) atoms. The second-order valence-electron chi connectivity index (χ2n) is 8.67. The lowest BCUT2D eigenvalue weighted by Crippen LogP contribution is -2.49. The van der Waals surface area contributed by atoms with E-state index < -0.39 is 6.04 Å². The Bertz CT molecular complexity index is 1030. The van der Waals surface area contributed by atoms with Gasteiger partial charge < -0.3 is 15.0 Å². The van der Waals surface area contributed by atoms with Crippen LogP contribution in [0.15, 0.2) is 84.9 Å². The molecule has 1 atom stereocenters. The average molecular weight is 473 g/mol. The van der Waals surface area contributed by atoms with Crippen molar-refractivity contribution in [1.82, 2.24) is 10.2 Å². The van der Waals surface area contributed by atoms with Crippen LogP contribution in [0.2, 0.25) is 0 Å². The largest absolute Gasteiger partial charge is 0.497 e. The van der Waals surface area contributed by atoms with Crippen molar-refractivity contribution in [3.8, 4) is 5.75 Å². The van der Waals surface area contributed by atoms with Gasteiger partial charge in [-0.15, -0.1) is 0 Å². The van der Waals surface area contributed by atoms with Crippen LogP contribution < -0.4 is 10.1 Å². The molecule has 5 nitrogen and oxygen atoms in total. The quantitative estimate of drug-likeness (QED) is 0.376. The van der Waals surface area contributed by atoms with Gasteiger partial charge in [0.2, 0.25) is 11.8 Å². The number of methoxy groups -OCH3 is 1. The van der Waals surface area contributed by atoms with E-state index in [-0.39, 0.29) is 24.2 Å². The second kappa shape index (κ2) is 13.3. The van der Waals surface area contributed by atoms with Crippen molar-refractivity contribution in [2.45, 2.75) is 51.6 Å². The molecule has 0 aliphatic carbocycles. The number of hydrogen-bond donors (Lipinski definition) is 1. The zero-order chi connectivity index (χ0) is 25.0. The van der Waals surface area contributed by atoms with Gasteiger partial charge >= 0.3 is 0 Å². The molecule has 0 heterocycles. The number of rotatable bonds is 12. The molecule has 5 heteroatoms. The summed E-state index contributed by atoms with van der Waals surface area (Å²) in [6.07, 6.45) is 1.65. The van der Waals surface area contributed by atoms with Crippen LogP contribution in [-0.4, -0.2) is 36.4 Å². The molecule has 0 aliphatic rings. The first kappa shape index (κ1) is 26.0. The van der Waals surface area contributed by atoms with Gasteiger partial charge in [0.15, 0.2) is 0 Å². The molecule has 0 saturated carbocycles. The minimum Gasteiger partial charge on any atom is -0.497 e. The fourth-order valence-electron chi connectivity index (χ4n) is 4.34. The van der Waals surface area contributed by atoms with Gasteiger partial charge in [0, 0.05) is 25.4 Å². The number of ether oxygens (including phenoxy) is 1. The highest BCUT2D eigenvalue weighted by atomic mass is 16.5. The summed E-state index contributed by atoms with van der Waals surface area (Å²) in [7, 11) is 1.62. The molecule has 0 saturated heterocycles. The van der Waals surface area contributed by atoms with Gasteiger partial charge in [-0.05, 0) is 41.7 Å². The molecule has 0 fully saturated rings. The van der Waals surface area contributed by atoms with Crippen molar-refractivity contribution < 1.29 is 14.3 Å². The number of nitrogens with zero attached hydrogens (tertiary/aromatic N) is 1. The van der Waals surface area contributed by atoms with Crippen molar-refractivity contribution in [1.29, 1.82) is 0 Å². The molecule has 0 unspecified atom stereocenters. The Balaban J connectivity index is 1.95. The molecular formula is C30H36N2O3. The fraction of sp³-hybridized carbons (Fsp3) is 0.333. The predicted octanol–water partition coefficient (Wildman–Crippen LogP) is 5.55. The Kier molecular flexibility index (Phi) is 9.91. The maximum absolute atomic E-state index is 14.0. The number of hydrogen-bond acceptors (Lipinski definition) is 3. The minimum absolute atomic E-state index is 0.0518. The molecular weight excluding hydrogens is 436 g/mol. The van der Waals surface area contributed by atoms with Crippen LogP contribution in [-0.2, 0) is 16.1 Å². The van der Waals surface area contributed by atoms with E-state index in [2.05, 4.69) is 29.6 Å². The molecule has 184 valence electrons. The maximum Gasteiger partial charge on any atom is 0.242 e. The molecule has 0 aliphatic heterocycles. The van der Waals surface area contributed by atoms with Gasteiger partial charge in [-0.25, -0.2) is 0 Å². The van der Waals surface area contributed by atoms with E-state index in [1.807, 2.05) is 74.5 Å². The molecule has 0 spiro atoms. The van der Waals surface area contributed by atoms with Gasteiger partial charge in [0.05, 0.1) is 7.11 Å². The molecule has 1 N–H and O–H groups in total. The summed E-state index contributed by atoms with van der Waals surface area (Å²) in [4.78, 5) is 28.8.